The molecule has 0 N–H and O–H groups in total. The number of piperazine rings is 1. The van der Waals surface area contributed by atoms with E-state index in [1.54, 1.807) is 30.6 Å². The third kappa shape index (κ3) is 4.89. The maximum atomic E-state index is 12.6. The van der Waals surface area contributed by atoms with Crippen molar-refractivity contribution >= 4 is 46.5 Å². The number of nitrogens with zero attached hydrogens (tertiary/aromatic N) is 4. The van der Waals surface area contributed by atoms with Gasteiger partial charge in [0.25, 0.3) is 0 Å². The molecule has 156 valence electrons. The second-order valence-electron chi connectivity index (χ2n) is 6.94. The SMILES string of the molecule is O=C(CCc1ncc(-c2ccc(Cl)cc2Cl)o1)N1CCN(c2ccc(Cl)cn2)CC1. The predicted molar refractivity (Wildman–Crippen MR) is 118 cm³/mol. The van der Waals surface area contributed by atoms with Crippen molar-refractivity contribution in [1.29, 1.82) is 0 Å². The van der Waals surface area contributed by atoms with Crippen molar-refractivity contribution in [2.75, 3.05) is 31.1 Å². The van der Waals surface area contributed by atoms with E-state index in [4.69, 9.17) is 39.2 Å². The summed E-state index contributed by atoms with van der Waals surface area (Å²) < 4.78 is 5.78. The Morgan fingerprint density at radius 2 is 1.73 bits per heavy atom. The van der Waals surface area contributed by atoms with Gasteiger partial charge in [0.15, 0.2) is 11.7 Å². The highest BCUT2D eigenvalue weighted by Gasteiger charge is 2.22. The normalized spacial score (nSPS) is 14.2. The molecule has 6 nitrogen and oxygen atoms in total. The van der Waals surface area contributed by atoms with Crippen molar-refractivity contribution < 1.29 is 9.21 Å². The minimum atomic E-state index is 0.0861. The number of hydrogen-bond acceptors (Lipinski definition) is 5. The summed E-state index contributed by atoms with van der Waals surface area (Å²) in [5, 5.41) is 1.66. The average Bonchev–Trinajstić information content (AvgIpc) is 3.21. The second kappa shape index (κ2) is 9.25. The summed E-state index contributed by atoms with van der Waals surface area (Å²) in [6, 6.07) is 8.91. The number of amides is 1. The van der Waals surface area contributed by atoms with Gasteiger partial charge in [0.1, 0.15) is 5.82 Å². The maximum absolute atomic E-state index is 12.6. The number of aromatic nitrogens is 2. The zero-order valence-electron chi connectivity index (χ0n) is 16.0. The number of pyridine rings is 1. The summed E-state index contributed by atoms with van der Waals surface area (Å²) in [5.74, 6) is 2.03. The van der Waals surface area contributed by atoms with Crippen LogP contribution in [-0.4, -0.2) is 47.0 Å². The smallest absolute Gasteiger partial charge is 0.223 e. The minimum Gasteiger partial charge on any atom is -0.441 e. The molecule has 1 amide bonds. The van der Waals surface area contributed by atoms with Crippen molar-refractivity contribution in [3.63, 3.8) is 0 Å². The van der Waals surface area contributed by atoms with E-state index >= 15 is 0 Å². The Morgan fingerprint density at radius 3 is 2.43 bits per heavy atom. The fourth-order valence-electron chi connectivity index (χ4n) is 3.35. The van der Waals surface area contributed by atoms with Crippen LogP contribution in [0.2, 0.25) is 15.1 Å². The monoisotopic (exact) mass is 464 g/mol. The highest BCUT2D eigenvalue weighted by Crippen LogP contribution is 2.31. The van der Waals surface area contributed by atoms with Gasteiger partial charge in [0.2, 0.25) is 5.91 Å². The van der Waals surface area contributed by atoms with E-state index in [-0.39, 0.29) is 5.91 Å². The molecule has 0 saturated carbocycles. The lowest BCUT2D eigenvalue weighted by atomic mass is 10.2. The molecule has 1 aliphatic rings. The van der Waals surface area contributed by atoms with E-state index in [0.29, 0.717) is 52.7 Å². The van der Waals surface area contributed by atoms with Crippen molar-refractivity contribution in [2.24, 2.45) is 0 Å². The number of anilines is 1. The first-order valence-corrected chi connectivity index (χ1v) is 10.7. The van der Waals surface area contributed by atoms with Crippen molar-refractivity contribution in [3.8, 4) is 11.3 Å². The summed E-state index contributed by atoms with van der Waals surface area (Å²) in [6.07, 6.45) is 4.03. The van der Waals surface area contributed by atoms with Gasteiger partial charge in [-0.3, -0.25) is 4.79 Å². The summed E-state index contributed by atoms with van der Waals surface area (Å²) in [7, 11) is 0. The van der Waals surface area contributed by atoms with Crippen LogP contribution >= 0.6 is 34.8 Å². The first-order chi connectivity index (χ1) is 14.5. The number of halogens is 3. The molecule has 9 heteroatoms. The van der Waals surface area contributed by atoms with Gasteiger partial charge in [-0.1, -0.05) is 34.8 Å². The summed E-state index contributed by atoms with van der Waals surface area (Å²) in [4.78, 5) is 25.2. The van der Waals surface area contributed by atoms with E-state index in [9.17, 15) is 4.79 Å². The van der Waals surface area contributed by atoms with Crippen molar-refractivity contribution in [3.05, 3.63) is 63.7 Å². The number of rotatable bonds is 5. The number of aryl methyl sites for hydroxylation is 1. The lowest BCUT2D eigenvalue weighted by molar-refractivity contribution is -0.131. The largest absolute Gasteiger partial charge is 0.441 e. The Hall–Kier alpha value is -2.28. The average molecular weight is 466 g/mol. The van der Waals surface area contributed by atoms with Crippen LogP contribution < -0.4 is 4.90 Å². The van der Waals surface area contributed by atoms with Gasteiger partial charge in [-0.05, 0) is 30.3 Å². The molecule has 1 aromatic carbocycles. The first-order valence-electron chi connectivity index (χ1n) is 9.54. The van der Waals surface area contributed by atoms with E-state index in [0.717, 1.165) is 24.5 Å². The van der Waals surface area contributed by atoms with Crippen LogP contribution in [0.15, 0.2) is 47.1 Å². The second-order valence-corrected chi connectivity index (χ2v) is 8.22. The molecule has 1 saturated heterocycles. The van der Waals surface area contributed by atoms with Gasteiger partial charge in [-0.15, -0.1) is 0 Å². The molecule has 0 bridgehead atoms. The molecule has 0 radical (unpaired) electrons. The number of benzene rings is 1. The topological polar surface area (TPSA) is 62.5 Å². The number of oxazole rings is 1. The Balaban J connectivity index is 1.29. The van der Waals surface area contributed by atoms with Crippen LogP contribution in [0, 0.1) is 0 Å². The lowest BCUT2D eigenvalue weighted by Crippen LogP contribution is -2.49. The van der Waals surface area contributed by atoms with Gasteiger partial charge in [0, 0.05) is 55.8 Å². The summed E-state index contributed by atoms with van der Waals surface area (Å²) >= 11 is 18.0. The molecule has 30 heavy (non-hydrogen) atoms. The van der Waals surface area contributed by atoms with Crippen LogP contribution in [0.1, 0.15) is 12.3 Å². The van der Waals surface area contributed by atoms with Gasteiger partial charge in [-0.2, -0.15) is 0 Å². The molecule has 4 rings (SSSR count). The van der Waals surface area contributed by atoms with Crippen LogP contribution in [0.5, 0.6) is 0 Å². The molecule has 2 aromatic heterocycles. The molecule has 0 atom stereocenters. The number of hydrogen-bond donors (Lipinski definition) is 0. The molecular formula is C21H19Cl3N4O2. The molecule has 3 aromatic rings. The fourth-order valence-corrected chi connectivity index (χ4v) is 3.97. The third-order valence-electron chi connectivity index (χ3n) is 4.97. The molecule has 3 heterocycles. The van der Waals surface area contributed by atoms with Crippen molar-refractivity contribution in [1.82, 2.24) is 14.9 Å². The van der Waals surface area contributed by atoms with Gasteiger partial charge in [-0.25, -0.2) is 9.97 Å². The molecular weight excluding hydrogens is 447 g/mol. The maximum Gasteiger partial charge on any atom is 0.223 e. The Labute approximate surface area is 189 Å². The lowest BCUT2D eigenvalue weighted by Gasteiger charge is -2.35. The molecule has 1 fully saturated rings. The molecule has 0 unspecified atom stereocenters. The Kier molecular flexibility index (Phi) is 6.46. The standard InChI is InChI=1S/C21H19Cl3N4O2/c22-14-1-3-16(17(24)11-14)18-13-26-20(30-18)5-6-21(29)28-9-7-27(8-10-28)19-4-2-15(23)12-25-19/h1-4,11-13H,5-10H2. The van der Waals surface area contributed by atoms with Gasteiger partial charge >= 0.3 is 0 Å². The fraction of sp³-hybridized carbons (Fsp3) is 0.286. The highest BCUT2D eigenvalue weighted by atomic mass is 35.5. The molecule has 0 aliphatic carbocycles. The Morgan fingerprint density at radius 1 is 0.967 bits per heavy atom. The van der Waals surface area contributed by atoms with E-state index < -0.39 is 0 Å². The minimum absolute atomic E-state index is 0.0861. The molecule has 1 aliphatic heterocycles. The zero-order chi connectivity index (χ0) is 21.1. The third-order valence-corrected chi connectivity index (χ3v) is 5.74. The highest BCUT2D eigenvalue weighted by molar-refractivity contribution is 6.36. The van der Waals surface area contributed by atoms with Gasteiger partial charge in [0.05, 0.1) is 16.2 Å². The van der Waals surface area contributed by atoms with Crippen LogP contribution in [0.4, 0.5) is 5.82 Å². The first kappa shape index (κ1) is 21.0. The number of carbonyl (C=O) groups is 1. The van der Waals surface area contributed by atoms with Crippen LogP contribution in [0.3, 0.4) is 0 Å². The number of carbonyl (C=O) groups excluding carboxylic acids is 1. The van der Waals surface area contributed by atoms with Crippen LogP contribution in [-0.2, 0) is 11.2 Å². The van der Waals surface area contributed by atoms with Crippen molar-refractivity contribution in [2.45, 2.75) is 12.8 Å². The van der Waals surface area contributed by atoms with E-state index in [2.05, 4.69) is 14.9 Å². The Bertz CT molecular complexity index is 1030. The summed E-state index contributed by atoms with van der Waals surface area (Å²) in [6.45, 7) is 2.78. The quantitative estimate of drug-likeness (QED) is 0.532. The van der Waals surface area contributed by atoms with E-state index in [1.165, 1.54) is 0 Å². The van der Waals surface area contributed by atoms with Crippen LogP contribution in [0.25, 0.3) is 11.3 Å². The predicted octanol–water partition coefficient (Wildman–Crippen LogP) is 4.98. The molecule has 0 spiro atoms. The summed E-state index contributed by atoms with van der Waals surface area (Å²) in [5.41, 5.74) is 0.720. The van der Waals surface area contributed by atoms with E-state index in [1.807, 2.05) is 17.0 Å². The van der Waals surface area contributed by atoms with Gasteiger partial charge < -0.3 is 14.2 Å². The zero-order valence-corrected chi connectivity index (χ0v) is 18.3.